The van der Waals surface area contributed by atoms with Crippen LogP contribution >= 0.6 is 0 Å². The number of aryl methyl sites for hydroxylation is 1. The Morgan fingerprint density at radius 1 is 1.00 bits per heavy atom. The highest BCUT2D eigenvalue weighted by Gasteiger charge is 2.39. The predicted molar refractivity (Wildman–Crippen MR) is 139 cm³/mol. The van der Waals surface area contributed by atoms with Crippen molar-refractivity contribution in [2.45, 2.75) is 60.8 Å². The SMILES string of the molecule is Cc1cc(N(C)C)nc(N[C@H]2CC[C@@H](NC(=O)c3cccnc3S(=O)(=O)c3ccccc3C(F)(F)F)CC2)n1. The minimum Gasteiger partial charge on any atom is -0.363 e. The van der Waals surface area contributed by atoms with E-state index in [2.05, 4.69) is 25.6 Å². The number of rotatable bonds is 7. The zero-order chi connectivity index (χ0) is 28.4. The molecule has 13 heteroatoms. The molecule has 1 aromatic carbocycles. The van der Waals surface area contributed by atoms with Gasteiger partial charge in [0, 0.05) is 44.1 Å². The van der Waals surface area contributed by atoms with E-state index in [9.17, 15) is 26.4 Å². The number of hydrogen-bond donors (Lipinski definition) is 2. The van der Waals surface area contributed by atoms with E-state index in [0.29, 0.717) is 37.7 Å². The van der Waals surface area contributed by atoms with E-state index < -0.39 is 37.4 Å². The first-order valence-corrected chi connectivity index (χ1v) is 13.8. The molecular formula is C26H29F3N6O3S. The number of carbonyl (C=O) groups is 1. The van der Waals surface area contributed by atoms with E-state index >= 15 is 0 Å². The zero-order valence-corrected chi connectivity index (χ0v) is 22.5. The van der Waals surface area contributed by atoms with Gasteiger partial charge in [-0.1, -0.05) is 12.1 Å². The molecule has 0 atom stereocenters. The first kappa shape index (κ1) is 28.3. The molecule has 2 N–H and O–H groups in total. The summed E-state index contributed by atoms with van der Waals surface area (Å²) in [6.07, 6.45) is -1.14. The number of nitrogens with one attached hydrogen (secondary N) is 2. The van der Waals surface area contributed by atoms with Crippen LogP contribution in [0.1, 0.15) is 47.3 Å². The molecule has 0 unspecified atom stereocenters. The quantitative estimate of drug-likeness (QED) is 0.439. The van der Waals surface area contributed by atoms with Crippen LogP contribution in [0.2, 0.25) is 0 Å². The Bertz CT molecular complexity index is 1460. The van der Waals surface area contributed by atoms with Crippen LogP contribution in [0.25, 0.3) is 0 Å². The minimum absolute atomic E-state index is 0.0863. The summed E-state index contributed by atoms with van der Waals surface area (Å²) in [5.41, 5.74) is -0.792. The van der Waals surface area contributed by atoms with E-state index in [1.54, 1.807) is 0 Å². The second-order valence-corrected chi connectivity index (χ2v) is 11.4. The lowest BCUT2D eigenvalue weighted by atomic mass is 9.91. The standard InChI is InChI=1S/C26H29F3N6O3S/c1-16-15-22(35(2)3)34-25(31-16)33-18-12-10-17(11-13-18)32-23(36)19-7-6-14-30-24(19)39(37,38)21-9-5-4-8-20(21)26(27,28)29/h4-9,14-15,17-18H,10-13H2,1-3H3,(H,32,36)(H,31,33,34)/t17-,18+. The maximum Gasteiger partial charge on any atom is 0.417 e. The van der Waals surface area contributed by atoms with Gasteiger partial charge in [-0.3, -0.25) is 4.79 Å². The van der Waals surface area contributed by atoms with Crippen LogP contribution in [0.15, 0.2) is 58.6 Å². The van der Waals surface area contributed by atoms with Gasteiger partial charge in [0.2, 0.25) is 15.8 Å². The number of benzene rings is 1. The van der Waals surface area contributed by atoms with Crippen molar-refractivity contribution in [1.82, 2.24) is 20.3 Å². The third-order valence-corrected chi connectivity index (χ3v) is 8.22. The first-order valence-electron chi connectivity index (χ1n) is 12.3. The molecule has 0 bridgehead atoms. The molecule has 208 valence electrons. The average molecular weight is 563 g/mol. The Labute approximate surface area is 224 Å². The number of carbonyl (C=O) groups excluding carboxylic acids is 1. The van der Waals surface area contributed by atoms with Gasteiger partial charge in [0.25, 0.3) is 5.91 Å². The van der Waals surface area contributed by atoms with E-state index in [1.807, 2.05) is 32.0 Å². The summed E-state index contributed by atoms with van der Waals surface area (Å²) in [6.45, 7) is 1.89. The smallest absolute Gasteiger partial charge is 0.363 e. The number of alkyl halides is 3. The molecule has 1 aliphatic rings. The number of nitrogens with zero attached hydrogens (tertiary/aromatic N) is 4. The normalized spacial score (nSPS) is 17.9. The van der Waals surface area contributed by atoms with Crippen LogP contribution in [-0.2, 0) is 16.0 Å². The molecule has 0 radical (unpaired) electrons. The van der Waals surface area contributed by atoms with Crippen LogP contribution in [0.4, 0.5) is 24.9 Å². The number of anilines is 2. The molecule has 2 aromatic heterocycles. The summed E-state index contributed by atoms with van der Waals surface area (Å²) in [4.78, 5) is 26.8. The predicted octanol–water partition coefficient (Wildman–Crippen LogP) is 4.25. The fraction of sp³-hybridized carbons (Fsp3) is 0.385. The molecule has 1 fully saturated rings. The van der Waals surface area contributed by atoms with Gasteiger partial charge in [0.05, 0.1) is 16.0 Å². The van der Waals surface area contributed by atoms with Gasteiger partial charge in [-0.15, -0.1) is 0 Å². The van der Waals surface area contributed by atoms with Gasteiger partial charge in [-0.25, -0.2) is 18.4 Å². The van der Waals surface area contributed by atoms with Gasteiger partial charge in [-0.05, 0) is 56.9 Å². The Kier molecular flexibility index (Phi) is 8.09. The van der Waals surface area contributed by atoms with Crippen LogP contribution in [0, 0.1) is 6.92 Å². The molecule has 1 saturated carbocycles. The lowest BCUT2D eigenvalue weighted by molar-refractivity contribution is -0.139. The van der Waals surface area contributed by atoms with Crippen molar-refractivity contribution < 1.29 is 26.4 Å². The van der Waals surface area contributed by atoms with Crippen molar-refractivity contribution in [3.8, 4) is 0 Å². The van der Waals surface area contributed by atoms with Crippen LogP contribution in [0.3, 0.4) is 0 Å². The van der Waals surface area contributed by atoms with Gasteiger partial charge < -0.3 is 15.5 Å². The Morgan fingerprint density at radius 2 is 1.67 bits per heavy atom. The summed E-state index contributed by atoms with van der Waals surface area (Å²) in [7, 11) is -0.953. The summed E-state index contributed by atoms with van der Waals surface area (Å²) >= 11 is 0. The van der Waals surface area contributed by atoms with Crippen molar-refractivity contribution in [3.05, 3.63) is 65.5 Å². The third kappa shape index (κ3) is 6.47. The fourth-order valence-corrected chi connectivity index (χ4v) is 6.08. The summed E-state index contributed by atoms with van der Waals surface area (Å²) in [5, 5.41) is 5.45. The van der Waals surface area contributed by atoms with Gasteiger partial charge in [0.15, 0.2) is 5.03 Å². The van der Waals surface area contributed by atoms with E-state index in [4.69, 9.17) is 0 Å². The monoisotopic (exact) mass is 562 g/mol. The van der Waals surface area contributed by atoms with E-state index in [0.717, 1.165) is 29.8 Å². The Hall–Kier alpha value is -3.74. The molecule has 0 spiro atoms. The lowest BCUT2D eigenvalue weighted by Crippen LogP contribution is -2.40. The van der Waals surface area contributed by atoms with Gasteiger partial charge in [-0.2, -0.15) is 18.2 Å². The van der Waals surface area contributed by atoms with Crippen LogP contribution in [-0.4, -0.2) is 55.5 Å². The highest BCUT2D eigenvalue weighted by Crippen LogP contribution is 2.36. The Balaban J connectivity index is 1.46. The zero-order valence-electron chi connectivity index (χ0n) is 21.7. The molecule has 0 saturated heterocycles. The van der Waals surface area contributed by atoms with Crippen molar-refractivity contribution in [2.75, 3.05) is 24.3 Å². The summed E-state index contributed by atoms with van der Waals surface area (Å²) in [6, 6.07) is 8.18. The molecule has 3 aromatic rings. The second-order valence-electron chi connectivity index (χ2n) is 9.61. The van der Waals surface area contributed by atoms with Crippen LogP contribution in [0.5, 0.6) is 0 Å². The number of pyridine rings is 1. The van der Waals surface area contributed by atoms with Crippen molar-refractivity contribution >= 4 is 27.5 Å². The molecule has 4 rings (SSSR count). The van der Waals surface area contributed by atoms with Crippen molar-refractivity contribution in [3.63, 3.8) is 0 Å². The third-order valence-electron chi connectivity index (χ3n) is 6.45. The second kappa shape index (κ2) is 11.2. The maximum absolute atomic E-state index is 13.5. The molecule has 9 nitrogen and oxygen atoms in total. The molecule has 0 aliphatic heterocycles. The topological polar surface area (TPSA) is 117 Å². The molecule has 1 aliphatic carbocycles. The minimum atomic E-state index is -4.90. The molecular weight excluding hydrogens is 533 g/mol. The highest BCUT2D eigenvalue weighted by atomic mass is 32.2. The summed E-state index contributed by atoms with van der Waals surface area (Å²) in [5.74, 6) is 0.599. The maximum atomic E-state index is 13.5. The number of sulfone groups is 1. The van der Waals surface area contributed by atoms with E-state index in [1.165, 1.54) is 18.2 Å². The number of halogens is 3. The number of amides is 1. The largest absolute Gasteiger partial charge is 0.417 e. The number of aromatic nitrogens is 3. The molecule has 1 amide bonds. The lowest BCUT2D eigenvalue weighted by Gasteiger charge is -2.30. The van der Waals surface area contributed by atoms with Gasteiger partial charge in [0.1, 0.15) is 5.82 Å². The Morgan fingerprint density at radius 3 is 2.33 bits per heavy atom. The van der Waals surface area contributed by atoms with Gasteiger partial charge >= 0.3 is 6.18 Å². The molecule has 2 heterocycles. The molecule has 39 heavy (non-hydrogen) atoms. The number of hydrogen-bond acceptors (Lipinski definition) is 8. The first-order chi connectivity index (χ1) is 18.4. The highest BCUT2D eigenvalue weighted by molar-refractivity contribution is 7.91. The fourth-order valence-electron chi connectivity index (χ4n) is 4.49. The van der Waals surface area contributed by atoms with E-state index in [-0.39, 0.29) is 17.6 Å². The average Bonchev–Trinajstić information content (AvgIpc) is 2.89. The van der Waals surface area contributed by atoms with Crippen LogP contribution < -0.4 is 15.5 Å². The summed E-state index contributed by atoms with van der Waals surface area (Å²) < 4.78 is 67.1. The van der Waals surface area contributed by atoms with Crippen molar-refractivity contribution in [2.24, 2.45) is 0 Å². The van der Waals surface area contributed by atoms with Crippen molar-refractivity contribution in [1.29, 1.82) is 0 Å².